The fourth-order valence-electron chi connectivity index (χ4n) is 0.331. The molecule has 0 fully saturated rings. The molecule has 8 nitrogen and oxygen atoms in total. The lowest BCUT2D eigenvalue weighted by molar-refractivity contribution is -0.135. The fourth-order valence-corrected chi connectivity index (χ4v) is 1.32. The summed E-state index contributed by atoms with van der Waals surface area (Å²) in [5, 5.41) is 19.9. The van der Waals surface area contributed by atoms with Crippen molar-refractivity contribution < 1.29 is 24.3 Å². The molecule has 0 unspecified atom stereocenters. The van der Waals surface area contributed by atoms with Gasteiger partial charge in [-0.1, -0.05) is 0 Å². The van der Waals surface area contributed by atoms with Crippen LogP contribution in [0.15, 0.2) is 0 Å². The Morgan fingerprint density at radius 3 is 2.00 bits per heavy atom. The Bertz CT molecular complexity index is 211. The first kappa shape index (κ1) is 17.9. The second-order valence-electron chi connectivity index (χ2n) is 1.90. The molecule has 0 aliphatic carbocycles. The Morgan fingerprint density at radius 1 is 1.33 bits per heavy atom. The standard InChI is InChI=1S/C3H8NO5P.H4N2S3/c5-3(6)1-4-2-10(7,8)9;1-3-5-4-2/h4H,1-2H2,(H,5,6)(H2,7,8,9);1-2H2. The van der Waals surface area contributed by atoms with Gasteiger partial charge in [0.05, 0.1) is 12.8 Å². The molecule has 0 amide bonds. The maximum Gasteiger partial charge on any atom is 0.339 e. The van der Waals surface area contributed by atoms with Crippen LogP contribution in [0.3, 0.4) is 0 Å². The smallest absolute Gasteiger partial charge is 0.339 e. The number of carboxylic acids is 1. The molecule has 0 saturated heterocycles. The first-order valence-electron chi connectivity index (χ1n) is 3.19. The predicted octanol–water partition coefficient (Wildman–Crippen LogP) is -0.441. The Hall–Kier alpha value is 0.550. The molecule has 0 aromatic rings. The van der Waals surface area contributed by atoms with Crippen LogP contribution in [0.25, 0.3) is 0 Å². The summed E-state index contributed by atoms with van der Waals surface area (Å²) in [6, 6.07) is 0. The summed E-state index contributed by atoms with van der Waals surface area (Å²) in [5.41, 5.74) is 0. The van der Waals surface area contributed by atoms with E-state index in [2.05, 4.69) is 5.32 Å². The zero-order chi connectivity index (χ0) is 12.3. The minimum atomic E-state index is -4.10. The van der Waals surface area contributed by atoms with Crippen molar-refractivity contribution in [1.82, 2.24) is 5.32 Å². The number of rotatable bonds is 6. The highest BCUT2D eigenvalue weighted by molar-refractivity contribution is 9.08. The molecule has 12 heteroatoms. The summed E-state index contributed by atoms with van der Waals surface area (Å²) in [7, 11) is -0.432. The number of aliphatic carboxylic acids is 1. The highest BCUT2D eigenvalue weighted by Gasteiger charge is 2.11. The van der Waals surface area contributed by atoms with Crippen molar-refractivity contribution in [2.24, 2.45) is 10.3 Å². The van der Waals surface area contributed by atoms with Gasteiger partial charge in [-0.25, -0.2) is 0 Å². The maximum atomic E-state index is 10.1. The van der Waals surface area contributed by atoms with Gasteiger partial charge in [-0.3, -0.25) is 25.0 Å². The molecule has 15 heavy (non-hydrogen) atoms. The topological polar surface area (TPSA) is 159 Å². The van der Waals surface area contributed by atoms with Gasteiger partial charge in [0.15, 0.2) is 0 Å². The van der Waals surface area contributed by atoms with Crippen molar-refractivity contribution in [2.75, 3.05) is 12.8 Å². The van der Waals surface area contributed by atoms with Crippen LogP contribution in [0.2, 0.25) is 0 Å². The third-order valence-corrected chi connectivity index (χ3v) is 3.35. The lowest BCUT2D eigenvalue weighted by Gasteiger charge is -2.02. The van der Waals surface area contributed by atoms with E-state index in [4.69, 9.17) is 25.2 Å². The zero-order valence-electron chi connectivity index (χ0n) is 7.40. The highest BCUT2D eigenvalue weighted by atomic mass is 33.5. The van der Waals surface area contributed by atoms with E-state index in [0.717, 1.165) is 22.0 Å². The molecule has 0 aliphatic rings. The van der Waals surface area contributed by atoms with Crippen molar-refractivity contribution in [2.45, 2.75) is 0 Å². The number of carbonyl (C=O) groups is 1. The van der Waals surface area contributed by atoms with Crippen molar-refractivity contribution in [3.8, 4) is 0 Å². The van der Waals surface area contributed by atoms with Crippen molar-refractivity contribution >= 4 is 45.4 Å². The summed E-state index contributed by atoms with van der Waals surface area (Å²) in [6.45, 7) is -0.439. The molecular formula is C3H12N3O5PS3. The second kappa shape index (κ2) is 11.0. The number of nitrogens with two attached hydrogens (primary N) is 2. The Morgan fingerprint density at radius 2 is 1.80 bits per heavy atom. The van der Waals surface area contributed by atoms with Gasteiger partial charge in [-0.2, -0.15) is 0 Å². The van der Waals surface area contributed by atoms with Crippen LogP contribution < -0.4 is 15.6 Å². The van der Waals surface area contributed by atoms with Gasteiger partial charge >= 0.3 is 13.6 Å². The largest absolute Gasteiger partial charge is 0.480 e. The van der Waals surface area contributed by atoms with E-state index in [-0.39, 0.29) is 0 Å². The van der Waals surface area contributed by atoms with Crippen LogP contribution in [-0.4, -0.2) is 33.7 Å². The van der Waals surface area contributed by atoms with E-state index in [9.17, 15) is 9.36 Å². The number of hydrogen-bond donors (Lipinski definition) is 6. The van der Waals surface area contributed by atoms with Gasteiger partial charge in [0.2, 0.25) is 0 Å². The molecule has 0 heterocycles. The highest BCUT2D eigenvalue weighted by Crippen LogP contribution is 2.31. The van der Waals surface area contributed by atoms with E-state index in [1.165, 1.54) is 9.83 Å². The summed E-state index contributed by atoms with van der Waals surface area (Å²) < 4.78 is 10.1. The van der Waals surface area contributed by atoms with Crippen LogP contribution in [0.5, 0.6) is 0 Å². The van der Waals surface area contributed by atoms with Crippen LogP contribution in [0.1, 0.15) is 0 Å². The quantitative estimate of drug-likeness (QED) is 0.214. The van der Waals surface area contributed by atoms with Gasteiger partial charge in [-0.05, 0) is 22.0 Å². The van der Waals surface area contributed by atoms with Gasteiger partial charge < -0.3 is 14.9 Å². The molecule has 0 aromatic carbocycles. The van der Waals surface area contributed by atoms with Crippen LogP contribution in [0.4, 0.5) is 0 Å². The molecule has 8 N–H and O–H groups in total. The molecule has 0 radical (unpaired) electrons. The Labute approximate surface area is 98.2 Å². The van der Waals surface area contributed by atoms with Crippen LogP contribution in [0, 0.1) is 0 Å². The lowest BCUT2D eigenvalue weighted by atomic mass is 10.7. The minimum Gasteiger partial charge on any atom is -0.480 e. The molecular weight excluding hydrogens is 285 g/mol. The van der Waals surface area contributed by atoms with E-state index >= 15 is 0 Å². The average molecular weight is 297 g/mol. The van der Waals surface area contributed by atoms with Crippen LogP contribution in [-0.2, 0) is 9.36 Å². The molecule has 0 atom stereocenters. The molecule has 0 bridgehead atoms. The minimum absolute atomic E-state index is 0.439. The molecule has 0 saturated carbocycles. The van der Waals surface area contributed by atoms with Crippen molar-refractivity contribution in [3.05, 3.63) is 0 Å². The van der Waals surface area contributed by atoms with Gasteiger partial charge in [0, 0.05) is 9.83 Å². The van der Waals surface area contributed by atoms with E-state index in [1.807, 2.05) is 0 Å². The molecule has 0 aromatic heterocycles. The fraction of sp³-hybridized carbons (Fsp3) is 0.667. The van der Waals surface area contributed by atoms with Gasteiger partial charge in [0.25, 0.3) is 0 Å². The second-order valence-corrected chi connectivity index (χ2v) is 6.86. The van der Waals surface area contributed by atoms with Gasteiger partial charge in [-0.15, -0.1) is 0 Å². The SMILES string of the molecule is NSSSN.O=C(O)CNCP(=O)(O)O. The first-order chi connectivity index (χ1) is 6.83. The summed E-state index contributed by atoms with van der Waals surface area (Å²) in [6.07, 6.45) is -0.598. The molecule has 0 spiro atoms. The normalized spacial score (nSPS) is 10.4. The first-order valence-corrected chi connectivity index (χ1v) is 8.60. The third-order valence-electron chi connectivity index (χ3n) is 0.673. The Kier molecular flexibility index (Phi) is 13.2. The molecule has 92 valence electrons. The summed E-state index contributed by atoms with van der Waals surface area (Å²) in [4.78, 5) is 26.1. The van der Waals surface area contributed by atoms with Crippen molar-refractivity contribution in [1.29, 1.82) is 0 Å². The monoisotopic (exact) mass is 297 g/mol. The molecule has 0 aliphatic heterocycles. The van der Waals surface area contributed by atoms with Crippen LogP contribution >= 0.6 is 39.4 Å². The van der Waals surface area contributed by atoms with E-state index in [1.54, 1.807) is 0 Å². The molecule has 0 rings (SSSR count). The average Bonchev–Trinajstić information content (AvgIpc) is 2.03. The van der Waals surface area contributed by atoms with E-state index < -0.39 is 26.4 Å². The maximum absolute atomic E-state index is 10.1. The number of hydrogen-bond acceptors (Lipinski definition) is 8. The lowest BCUT2D eigenvalue weighted by Crippen LogP contribution is -2.23. The number of nitrogens with one attached hydrogen (secondary N) is 1. The van der Waals surface area contributed by atoms with Crippen molar-refractivity contribution in [3.63, 3.8) is 0 Å². The summed E-state index contributed by atoms with van der Waals surface area (Å²) >= 11 is 0. The zero-order valence-corrected chi connectivity index (χ0v) is 10.7. The summed E-state index contributed by atoms with van der Waals surface area (Å²) in [5.74, 6) is -1.14. The number of carboxylic acid groups (broad SMARTS) is 1. The predicted molar refractivity (Wildman–Crippen MR) is 63.7 cm³/mol. The third kappa shape index (κ3) is 25.1. The van der Waals surface area contributed by atoms with E-state index in [0.29, 0.717) is 0 Å². The van der Waals surface area contributed by atoms with Gasteiger partial charge in [0.1, 0.15) is 0 Å². The Balaban J connectivity index is 0.